The number of anilines is 1. The van der Waals surface area contributed by atoms with Gasteiger partial charge in [-0.3, -0.25) is 4.79 Å². The normalized spacial score (nSPS) is 10.9. The van der Waals surface area contributed by atoms with Crippen LogP contribution in [0.25, 0.3) is 22.2 Å². The number of amides is 1. The maximum Gasteiger partial charge on any atom is 0.256 e. The summed E-state index contributed by atoms with van der Waals surface area (Å²) in [4.78, 5) is 18.1. The molecule has 0 aliphatic carbocycles. The predicted molar refractivity (Wildman–Crippen MR) is 121 cm³/mol. The van der Waals surface area contributed by atoms with E-state index >= 15 is 0 Å². The van der Waals surface area contributed by atoms with Crippen LogP contribution in [0.4, 0.5) is 5.69 Å². The van der Waals surface area contributed by atoms with E-state index in [1.807, 2.05) is 62.4 Å². The van der Waals surface area contributed by atoms with E-state index in [1.54, 1.807) is 0 Å². The first kappa shape index (κ1) is 18.9. The Hall–Kier alpha value is -3.46. The minimum atomic E-state index is -0.122. The lowest BCUT2D eigenvalue weighted by atomic mass is 9.99. The molecule has 1 heterocycles. The minimum absolute atomic E-state index is 0.122. The second kappa shape index (κ2) is 7.51. The molecule has 0 saturated carbocycles. The molecule has 0 bridgehead atoms. The van der Waals surface area contributed by atoms with Crippen LogP contribution in [0.2, 0.25) is 0 Å². The van der Waals surface area contributed by atoms with Gasteiger partial charge in [-0.25, -0.2) is 4.98 Å². The Morgan fingerprint density at radius 2 is 1.62 bits per heavy atom. The molecule has 0 unspecified atom stereocenters. The molecule has 1 aromatic heterocycles. The summed E-state index contributed by atoms with van der Waals surface area (Å²) in [7, 11) is 0. The van der Waals surface area contributed by atoms with Gasteiger partial charge in [-0.05, 0) is 62.6 Å². The fourth-order valence-corrected chi connectivity index (χ4v) is 3.68. The number of nitrogens with one attached hydrogen (secondary N) is 1. The van der Waals surface area contributed by atoms with Crippen molar-refractivity contribution in [3.05, 3.63) is 94.5 Å². The molecule has 0 spiro atoms. The van der Waals surface area contributed by atoms with Crippen molar-refractivity contribution < 1.29 is 4.79 Å². The van der Waals surface area contributed by atoms with Gasteiger partial charge < -0.3 is 5.32 Å². The Kier molecular flexibility index (Phi) is 4.89. The summed E-state index contributed by atoms with van der Waals surface area (Å²) in [5.74, 6) is -0.122. The van der Waals surface area contributed by atoms with Crippen molar-refractivity contribution in [1.29, 1.82) is 0 Å². The van der Waals surface area contributed by atoms with E-state index in [0.717, 1.165) is 44.5 Å². The van der Waals surface area contributed by atoms with Gasteiger partial charge in [0.05, 0.1) is 16.8 Å². The molecule has 4 aromatic rings. The largest absolute Gasteiger partial charge is 0.322 e. The first-order valence-corrected chi connectivity index (χ1v) is 9.79. The number of carbonyl (C=O) groups is 1. The molecule has 0 atom stereocenters. The summed E-state index contributed by atoms with van der Waals surface area (Å²) in [5, 5.41) is 3.95. The van der Waals surface area contributed by atoms with E-state index in [9.17, 15) is 4.79 Å². The van der Waals surface area contributed by atoms with Gasteiger partial charge in [-0.1, -0.05) is 54.1 Å². The lowest BCUT2D eigenvalue weighted by molar-refractivity contribution is 0.102. The number of carbonyl (C=O) groups excluding carboxylic acids is 1. The van der Waals surface area contributed by atoms with Crippen molar-refractivity contribution >= 4 is 22.5 Å². The van der Waals surface area contributed by atoms with E-state index in [4.69, 9.17) is 4.98 Å². The Bertz CT molecular complexity index is 1240. The van der Waals surface area contributed by atoms with Crippen LogP contribution in [0.15, 0.2) is 66.7 Å². The van der Waals surface area contributed by atoms with Gasteiger partial charge in [0.15, 0.2) is 0 Å². The number of aryl methyl sites for hydroxylation is 3. The highest BCUT2D eigenvalue weighted by molar-refractivity contribution is 6.13. The fourth-order valence-electron chi connectivity index (χ4n) is 3.68. The number of fused-ring (bicyclic) bond motifs is 1. The number of hydrogen-bond acceptors (Lipinski definition) is 2. The quantitative estimate of drug-likeness (QED) is 0.447. The van der Waals surface area contributed by atoms with Gasteiger partial charge in [-0.15, -0.1) is 0 Å². The molecule has 144 valence electrons. The van der Waals surface area contributed by atoms with Crippen LogP contribution in [0.1, 0.15) is 32.6 Å². The molecule has 4 rings (SSSR count). The van der Waals surface area contributed by atoms with Gasteiger partial charge >= 0.3 is 0 Å². The Labute approximate surface area is 171 Å². The number of rotatable bonds is 3. The topological polar surface area (TPSA) is 42.0 Å². The van der Waals surface area contributed by atoms with Gasteiger partial charge in [0.2, 0.25) is 0 Å². The molecular weight excluding hydrogens is 356 g/mol. The Morgan fingerprint density at radius 1 is 0.828 bits per heavy atom. The van der Waals surface area contributed by atoms with Gasteiger partial charge in [0.25, 0.3) is 5.91 Å². The van der Waals surface area contributed by atoms with E-state index < -0.39 is 0 Å². The second-order valence-electron chi connectivity index (χ2n) is 7.59. The molecule has 3 nitrogen and oxygen atoms in total. The van der Waals surface area contributed by atoms with Crippen LogP contribution in [-0.2, 0) is 0 Å². The van der Waals surface area contributed by atoms with Crippen LogP contribution >= 0.6 is 0 Å². The summed E-state index contributed by atoms with van der Waals surface area (Å²) >= 11 is 0. The molecule has 1 N–H and O–H groups in total. The highest BCUT2D eigenvalue weighted by Gasteiger charge is 2.16. The number of benzene rings is 3. The fraction of sp³-hybridized carbons (Fsp3) is 0.154. The van der Waals surface area contributed by atoms with Gasteiger partial charge in [-0.2, -0.15) is 0 Å². The highest BCUT2D eigenvalue weighted by Crippen LogP contribution is 2.28. The molecule has 0 radical (unpaired) electrons. The summed E-state index contributed by atoms with van der Waals surface area (Å²) in [5.41, 5.74) is 8.72. The number of nitrogens with zero attached hydrogens (tertiary/aromatic N) is 1. The molecule has 0 saturated heterocycles. The molecule has 3 heteroatoms. The molecule has 0 aliphatic heterocycles. The SMILES string of the molecule is Cc1ccc(-c2cc(C(=O)Nc3cccc(C)c3C)c3ccccc3n2)c(C)c1. The van der Waals surface area contributed by atoms with Crippen LogP contribution in [-0.4, -0.2) is 10.9 Å². The van der Waals surface area contributed by atoms with E-state index in [1.165, 1.54) is 5.56 Å². The molecule has 1 amide bonds. The molecule has 0 aliphatic rings. The zero-order chi connectivity index (χ0) is 20.5. The average Bonchev–Trinajstić information content (AvgIpc) is 2.70. The summed E-state index contributed by atoms with van der Waals surface area (Å²) in [6, 6.07) is 21.9. The zero-order valence-electron chi connectivity index (χ0n) is 17.2. The van der Waals surface area contributed by atoms with Crippen molar-refractivity contribution in [1.82, 2.24) is 4.98 Å². The first-order chi connectivity index (χ1) is 13.9. The summed E-state index contributed by atoms with van der Waals surface area (Å²) in [6.45, 7) is 8.23. The predicted octanol–water partition coefficient (Wildman–Crippen LogP) is 6.39. The third-order valence-electron chi connectivity index (χ3n) is 5.47. The zero-order valence-corrected chi connectivity index (χ0v) is 17.2. The lowest BCUT2D eigenvalue weighted by Gasteiger charge is -2.14. The second-order valence-corrected chi connectivity index (χ2v) is 7.59. The smallest absolute Gasteiger partial charge is 0.256 e. The average molecular weight is 380 g/mol. The molecule has 29 heavy (non-hydrogen) atoms. The number of para-hydroxylation sites is 1. The molecule has 0 fully saturated rings. The van der Waals surface area contributed by atoms with Crippen molar-refractivity contribution in [3.63, 3.8) is 0 Å². The van der Waals surface area contributed by atoms with Crippen LogP contribution in [0, 0.1) is 27.7 Å². The minimum Gasteiger partial charge on any atom is -0.322 e. The van der Waals surface area contributed by atoms with E-state index in [2.05, 4.69) is 37.4 Å². The number of hydrogen-bond donors (Lipinski definition) is 1. The lowest BCUT2D eigenvalue weighted by Crippen LogP contribution is -2.14. The number of pyridine rings is 1. The number of aromatic nitrogens is 1. The van der Waals surface area contributed by atoms with Crippen molar-refractivity contribution in [3.8, 4) is 11.3 Å². The molecular formula is C26H24N2O. The Morgan fingerprint density at radius 3 is 2.41 bits per heavy atom. The van der Waals surface area contributed by atoms with E-state index in [0.29, 0.717) is 5.56 Å². The van der Waals surface area contributed by atoms with E-state index in [-0.39, 0.29) is 5.91 Å². The van der Waals surface area contributed by atoms with Gasteiger partial charge in [0.1, 0.15) is 0 Å². The van der Waals surface area contributed by atoms with Crippen molar-refractivity contribution in [2.45, 2.75) is 27.7 Å². The van der Waals surface area contributed by atoms with Crippen LogP contribution < -0.4 is 5.32 Å². The van der Waals surface area contributed by atoms with Crippen LogP contribution in [0.5, 0.6) is 0 Å². The van der Waals surface area contributed by atoms with Crippen LogP contribution in [0.3, 0.4) is 0 Å². The third kappa shape index (κ3) is 3.64. The maximum atomic E-state index is 13.3. The highest BCUT2D eigenvalue weighted by atomic mass is 16.1. The Balaban J connectivity index is 1.84. The van der Waals surface area contributed by atoms with Crippen molar-refractivity contribution in [2.24, 2.45) is 0 Å². The maximum absolute atomic E-state index is 13.3. The third-order valence-corrected chi connectivity index (χ3v) is 5.47. The standard InChI is InChI=1S/C26H24N2O/c1-16-12-13-20(18(3)14-16)25-15-22(21-9-5-6-10-24(21)27-25)26(29)28-23-11-7-8-17(2)19(23)4/h5-15H,1-4H3,(H,28,29). The monoisotopic (exact) mass is 380 g/mol. The molecule has 3 aromatic carbocycles. The first-order valence-electron chi connectivity index (χ1n) is 9.79. The van der Waals surface area contributed by atoms with Crippen molar-refractivity contribution in [2.75, 3.05) is 5.32 Å². The summed E-state index contributed by atoms with van der Waals surface area (Å²) < 4.78 is 0. The van der Waals surface area contributed by atoms with Gasteiger partial charge in [0, 0.05) is 16.6 Å². The summed E-state index contributed by atoms with van der Waals surface area (Å²) in [6.07, 6.45) is 0.